The van der Waals surface area contributed by atoms with Crippen LogP contribution in [0.1, 0.15) is 40.0 Å². The molecular weight excluding hydrogens is 262 g/mol. The SMILES string of the molecule is CC(C)(C)OC(=O)N1CCCC(C2CC(=O)OC2=O)C1. The van der Waals surface area contributed by atoms with Gasteiger partial charge in [-0.1, -0.05) is 0 Å². The summed E-state index contributed by atoms with van der Waals surface area (Å²) >= 11 is 0. The van der Waals surface area contributed by atoms with Gasteiger partial charge < -0.3 is 14.4 Å². The number of ether oxygens (including phenoxy) is 2. The predicted molar refractivity (Wildman–Crippen MR) is 69.7 cm³/mol. The van der Waals surface area contributed by atoms with Crippen molar-refractivity contribution in [3.05, 3.63) is 0 Å². The van der Waals surface area contributed by atoms with Gasteiger partial charge in [-0.3, -0.25) is 9.59 Å². The molecule has 0 bridgehead atoms. The van der Waals surface area contributed by atoms with Crippen LogP contribution in [0.15, 0.2) is 0 Å². The topological polar surface area (TPSA) is 72.9 Å². The summed E-state index contributed by atoms with van der Waals surface area (Å²) in [6.07, 6.45) is 1.40. The average Bonchev–Trinajstić information content (AvgIpc) is 2.66. The highest BCUT2D eigenvalue weighted by atomic mass is 16.6. The summed E-state index contributed by atoms with van der Waals surface area (Å²) in [5.41, 5.74) is -0.535. The van der Waals surface area contributed by atoms with Gasteiger partial charge in [0.25, 0.3) is 0 Å². The Balaban J connectivity index is 1.97. The zero-order valence-electron chi connectivity index (χ0n) is 12.2. The lowest BCUT2D eigenvalue weighted by Gasteiger charge is -2.35. The molecular formula is C14H21NO5. The smallest absolute Gasteiger partial charge is 0.410 e. The van der Waals surface area contributed by atoms with Crippen LogP contribution in [0, 0.1) is 11.8 Å². The number of rotatable bonds is 1. The summed E-state index contributed by atoms with van der Waals surface area (Å²) in [5, 5.41) is 0. The molecule has 2 aliphatic rings. The molecule has 2 rings (SSSR count). The Bertz CT molecular complexity index is 426. The summed E-state index contributed by atoms with van der Waals surface area (Å²) in [6, 6.07) is 0. The minimum absolute atomic E-state index is 0.0183. The van der Waals surface area contributed by atoms with Crippen LogP contribution >= 0.6 is 0 Å². The highest BCUT2D eigenvalue weighted by Gasteiger charge is 2.41. The van der Waals surface area contributed by atoms with Crippen molar-refractivity contribution >= 4 is 18.0 Å². The molecule has 0 radical (unpaired) electrons. The number of carbonyl (C=O) groups excluding carboxylic acids is 3. The van der Waals surface area contributed by atoms with Crippen molar-refractivity contribution < 1.29 is 23.9 Å². The zero-order chi connectivity index (χ0) is 14.9. The predicted octanol–water partition coefficient (Wildman–Crippen LogP) is 1.72. The third-order valence-corrected chi connectivity index (χ3v) is 3.58. The maximum absolute atomic E-state index is 12.0. The Morgan fingerprint density at radius 3 is 2.60 bits per heavy atom. The molecule has 6 nitrogen and oxygen atoms in total. The summed E-state index contributed by atoms with van der Waals surface area (Å²) in [5.74, 6) is -1.34. The maximum Gasteiger partial charge on any atom is 0.410 e. The fourth-order valence-electron chi connectivity index (χ4n) is 2.68. The molecule has 2 unspecified atom stereocenters. The van der Waals surface area contributed by atoms with Crippen LogP contribution in [0.3, 0.4) is 0 Å². The molecule has 0 aliphatic carbocycles. The summed E-state index contributed by atoms with van der Waals surface area (Å²) in [7, 11) is 0. The van der Waals surface area contributed by atoms with Crippen LogP contribution in [0.5, 0.6) is 0 Å². The van der Waals surface area contributed by atoms with E-state index >= 15 is 0 Å². The van der Waals surface area contributed by atoms with Crippen LogP contribution in [0.25, 0.3) is 0 Å². The largest absolute Gasteiger partial charge is 0.444 e. The first-order chi connectivity index (χ1) is 9.26. The van der Waals surface area contributed by atoms with Crippen molar-refractivity contribution in [1.29, 1.82) is 0 Å². The van der Waals surface area contributed by atoms with Crippen LogP contribution in [-0.2, 0) is 19.1 Å². The average molecular weight is 283 g/mol. The van der Waals surface area contributed by atoms with Crippen LogP contribution in [-0.4, -0.2) is 41.6 Å². The molecule has 0 aromatic carbocycles. The van der Waals surface area contributed by atoms with E-state index in [9.17, 15) is 14.4 Å². The molecule has 6 heteroatoms. The number of hydrogen-bond donors (Lipinski definition) is 0. The highest BCUT2D eigenvalue weighted by molar-refractivity contribution is 5.94. The number of piperidine rings is 1. The molecule has 2 saturated heterocycles. The lowest BCUT2D eigenvalue weighted by atomic mass is 9.84. The first-order valence-corrected chi connectivity index (χ1v) is 6.99. The number of carbonyl (C=O) groups is 3. The molecule has 2 aliphatic heterocycles. The van der Waals surface area contributed by atoms with E-state index in [1.165, 1.54) is 0 Å². The number of amides is 1. The van der Waals surface area contributed by atoms with Gasteiger partial charge in [0.15, 0.2) is 0 Å². The number of esters is 2. The molecule has 112 valence electrons. The van der Waals surface area contributed by atoms with Crippen molar-refractivity contribution in [2.45, 2.75) is 45.6 Å². The molecule has 0 spiro atoms. The van der Waals surface area contributed by atoms with E-state index in [2.05, 4.69) is 4.74 Å². The van der Waals surface area contributed by atoms with Crippen molar-refractivity contribution in [3.63, 3.8) is 0 Å². The Morgan fingerprint density at radius 2 is 2.05 bits per heavy atom. The van der Waals surface area contributed by atoms with Crippen molar-refractivity contribution in [3.8, 4) is 0 Å². The Morgan fingerprint density at radius 1 is 1.35 bits per heavy atom. The molecule has 1 amide bonds. The number of nitrogens with zero attached hydrogens (tertiary/aromatic N) is 1. The second-order valence-electron chi connectivity index (χ2n) is 6.43. The van der Waals surface area contributed by atoms with Gasteiger partial charge in [0.2, 0.25) is 0 Å². The molecule has 20 heavy (non-hydrogen) atoms. The molecule has 2 fully saturated rings. The monoisotopic (exact) mass is 283 g/mol. The van der Waals surface area contributed by atoms with Gasteiger partial charge in [-0.05, 0) is 39.5 Å². The first kappa shape index (κ1) is 14.8. The van der Waals surface area contributed by atoms with Crippen LogP contribution in [0.4, 0.5) is 4.79 Å². The quantitative estimate of drug-likeness (QED) is 0.541. The second kappa shape index (κ2) is 5.42. The van der Waals surface area contributed by atoms with E-state index in [1.54, 1.807) is 4.90 Å². The minimum Gasteiger partial charge on any atom is -0.444 e. The Hall–Kier alpha value is -1.59. The maximum atomic E-state index is 12.0. The molecule has 0 aromatic rings. The summed E-state index contributed by atoms with van der Waals surface area (Å²) < 4.78 is 9.93. The van der Waals surface area contributed by atoms with E-state index in [0.717, 1.165) is 12.8 Å². The summed E-state index contributed by atoms with van der Waals surface area (Å²) in [6.45, 7) is 6.53. The van der Waals surface area contributed by atoms with Gasteiger partial charge in [0, 0.05) is 13.1 Å². The third kappa shape index (κ3) is 3.49. The molecule has 2 atom stereocenters. The fourth-order valence-corrected chi connectivity index (χ4v) is 2.68. The van der Waals surface area contributed by atoms with Crippen molar-refractivity contribution in [2.24, 2.45) is 11.8 Å². The fraction of sp³-hybridized carbons (Fsp3) is 0.786. The number of hydrogen-bond acceptors (Lipinski definition) is 5. The number of cyclic esters (lactones) is 2. The Kier molecular flexibility index (Phi) is 4.01. The lowest BCUT2D eigenvalue weighted by molar-refractivity contribution is -0.153. The van der Waals surface area contributed by atoms with E-state index < -0.39 is 23.5 Å². The van der Waals surface area contributed by atoms with E-state index in [-0.39, 0.29) is 18.4 Å². The van der Waals surface area contributed by atoms with E-state index in [4.69, 9.17) is 4.74 Å². The minimum atomic E-state index is -0.535. The van der Waals surface area contributed by atoms with Gasteiger partial charge in [-0.15, -0.1) is 0 Å². The van der Waals surface area contributed by atoms with Crippen molar-refractivity contribution in [2.75, 3.05) is 13.1 Å². The molecule has 0 N–H and O–H groups in total. The number of likely N-dealkylation sites (tertiary alicyclic amines) is 1. The Labute approximate surface area is 118 Å². The van der Waals surface area contributed by atoms with Gasteiger partial charge in [0.05, 0.1) is 12.3 Å². The van der Waals surface area contributed by atoms with Gasteiger partial charge in [-0.2, -0.15) is 0 Å². The summed E-state index contributed by atoms with van der Waals surface area (Å²) in [4.78, 5) is 36.4. The zero-order valence-corrected chi connectivity index (χ0v) is 12.2. The normalized spacial score (nSPS) is 27.4. The van der Waals surface area contributed by atoms with E-state index in [1.807, 2.05) is 20.8 Å². The van der Waals surface area contributed by atoms with Gasteiger partial charge in [0.1, 0.15) is 5.60 Å². The molecule has 0 aromatic heterocycles. The molecule has 2 heterocycles. The van der Waals surface area contributed by atoms with Gasteiger partial charge in [-0.25, -0.2) is 4.79 Å². The first-order valence-electron chi connectivity index (χ1n) is 6.99. The van der Waals surface area contributed by atoms with Crippen LogP contribution in [0.2, 0.25) is 0 Å². The highest BCUT2D eigenvalue weighted by Crippen LogP contribution is 2.31. The van der Waals surface area contributed by atoms with E-state index in [0.29, 0.717) is 13.1 Å². The third-order valence-electron chi connectivity index (χ3n) is 3.58. The van der Waals surface area contributed by atoms with Crippen LogP contribution < -0.4 is 0 Å². The van der Waals surface area contributed by atoms with Crippen molar-refractivity contribution in [1.82, 2.24) is 4.90 Å². The standard InChI is InChI=1S/C14H21NO5/c1-14(2,3)20-13(18)15-6-4-5-9(8-15)10-7-11(16)19-12(10)17/h9-10H,4-8H2,1-3H3. The molecule has 0 saturated carbocycles. The second-order valence-corrected chi connectivity index (χ2v) is 6.43. The lowest BCUT2D eigenvalue weighted by Crippen LogP contribution is -2.45. The van der Waals surface area contributed by atoms with Gasteiger partial charge >= 0.3 is 18.0 Å².